The summed E-state index contributed by atoms with van der Waals surface area (Å²) in [7, 11) is 1.62. The van der Waals surface area contributed by atoms with Crippen LogP contribution in [0.1, 0.15) is 29.7 Å². The number of thiazole rings is 1. The first-order valence-corrected chi connectivity index (χ1v) is 13.3. The first-order chi connectivity index (χ1) is 17.9. The Morgan fingerprint density at radius 1 is 1.05 bits per heavy atom. The highest BCUT2D eigenvalue weighted by Crippen LogP contribution is 2.31. The minimum Gasteiger partial charge on any atom is -0.497 e. The van der Waals surface area contributed by atoms with Gasteiger partial charge in [0.25, 0.3) is 11.5 Å². The van der Waals surface area contributed by atoms with Crippen LogP contribution in [0.4, 0.5) is 5.69 Å². The van der Waals surface area contributed by atoms with E-state index in [0.29, 0.717) is 20.6 Å². The zero-order valence-corrected chi connectivity index (χ0v) is 22.9. The van der Waals surface area contributed by atoms with Crippen molar-refractivity contribution in [1.29, 1.82) is 0 Å². The Morgan fingerprint density at radius 2 is 1.76 bits per heavy atom. The third-order valence-corrected chi connectivity index (χ3v) is 7.77. The number of anilines is 1. The van der Waals surface area contributed by atoms with Crippen molar-refractivity contribution in [3.05, 3.63) is 125 Å². The Balaban J connectivity index is 1.65. The second-order valence-corrected chi connectivity index (χ2v) is 10.6. The van der Waals surface area contributed by atoms with Gasteiger partial charge >= 0.3 is 0 Å². The first kappa shape index (κ1) is 24.9. The smallest absolute Gasteiger partial charge is 0.271 e. The molecular weight excluding hydrogens is 550 g/mol. The number of allylic oxidation sites excluding steroid dienone is 1. The summed E-state index contributed by atoms with van der Waals surface area (Å²) in [6.45, 7) is 3.76. The number of carbonyl (C=O) groups is 1. The van der Waals surface area contributed by atoms with Crippen molar-refractivity contribution in [2.45, 2.75) is 19.9 Å². The van der Waals surface area contributed by atoms with Crippen LogP contribution in [0.25, 0.3) is 6.08 Å². The first-order valence-electron chi connectivity index (χ1n) is 11.6. The molecule has 1 N–H and O–H groups in total. The van der Waals surface area contributed by atoms with Gasteiger partial charge in [0.1, 0.15) is 5.75 Å². The van der Waals surface area contributed by atoms with E-state index in [-0.39, 0.29) is 11.5 Å². The summed E-state index contributed by atoms with van der Waals surface area (Å²) in [5, 5.41) is 3.03. The van der Waals surface area contributed by atoms with E-state index in [9.17, 15) is 9.59 Å². The van der Waals surface area contributed by atoms with Gasteiger partial charge in [-0.05, 0) is 66.9 Å². The molecular formula is C29H24BrN3O3S. The third kappa shape index (κ3) is 4.95. The summed E-state index contributed by atoms with van der Waals surface area (Å²) in [5.41, 5.74) is 4.20. The number of nitrogens with one attached hydrogen (secondary N) is 1. The molecule has 0 saturated heterocycles. The summed E-state index contributed by atoms with van der Waals surface area (Å²) < 4.78 is 8.32. The summed E-state index contributed by atoms with van der Waals surface area (Å²) in [4.78, 5) is 32.7. The van der Waals surface area contributed by atoms with Crippen molar-refractivity contribution < 1.29 is 9.53 Å². The standard InChI is InChI=1S/C29H24BrN3O3S/c1-17-6-4-5-7-23(17)32-27(34)25-18(2)31-29-33(26(25)20-10-12-21(30)13-11-20)28(35)24(37-29)16-19-8-14-22(36-3)15-9-19/h4-16,26H,1-3H3,(H,32,34)/b24-16+. The van der Waals surface area contributed by atoms with Gasteiger partial charge in [-0.1, -0.05) is 69.7 Å². The Labute approximate surface area is 226 Å². The number of nitrogens with zero attached hydrogens (tertiary/aromatic N) is 2. The zero-order valence-electron chi connectivity index (χ0n) is 20.5. The number of halogens is 1. The normalized spacial score (nSPS) is 15.2. The minimum absolute atomic E-state index is 0.193. The second kappa shape index (κ2) is 10.3. The van der Waals surface area contributed by atoms with E-state index in [2.05, 4.69) is 21.2 Å². The van der Waals surface area contributed by atoms with Crippen LogP contribution in [0.5, 0.6) is 5.75 Å². The summed E-state index contributed by atoms with van der Waals surface area (Å²) >= 11 is 4.80. The van der Waals surface area contributed by atoms with Crippen molar-refractivity contribution in [1.82, 2.24) is 4.57 Å². The van der Waals surface area contributed by atoms with Crippen molar-refractivity contribution in [3.63, 3.8) is 0 Å². The number of hydrogen-bond donors (Lipinski definition) is 1. The summed E-state index contributed by atoms with van der Waals surface area (Å²) in [6.07, 6.45) is 1.84. The number of aryl methyl sites for hydroxylation is 1. The molecule has 1 aromatic heterocycles. The van der Waals surface area contributed by atoms with Crippen molar-refractivity contribution in [3.8, 4) is 5.75 Å². The molecule has 0 aliphatic carbocycles. The zero-order chi connectivity index (χ0) is 26.1. The molecule has 0 radical (unpaired) electrons. The molecule has 0 fully saturated rings. The average molecular weight is 575 g/mol. The molecule has 37 heavy (non-hydrogen) atoms. The Morgan fingerprint density at radius 3 is 2.43 bits per heavy atom. The molecule has 186 valence electrons. The van der Waals surface area contributed by atoms with Gasteiger partial charge in [-0.3, -0.25) is 14.2 Å². The molecule has 5 rings (SSSR count). The second-order valence-electron chi connectivity index (χ2n) is 8.68. The van der Waals surface area contributed by atoms with E-state index in [4.69, 9.17) is 9.73 Å². The number of amides is 1. The molecule has 1 unspecified atom stereocenters. The predicted octanol–water partition coefficient (Wildman–Crippen LogP) is 4.95. The van der Waals surface area contributed by atoms with E-state index in [0.717, 1.165) is 32.6 Å². The fraction of sp³-hybridized carbons (Fsp3) is 0.138. The van der Waals surface area contributed by atoms with Crippen molar-refractivity contribution >= 4 is 44.9 Å². The van der Waals surface area contributed by atoms with E-state index < -0.39 is 6.04 Å². The Hall–Kier alpha value is -3.75. The molecule has 1 atom stereocenters. The lowest BCUT2D eigenvalue weighted by molar-refractivity contribution is -0.113. The maximum absolute atomic E-state index is 13.8. The number of aromatic nitrogens is 1. The molecule has 0 bridgehead atoms. The SMILES string of the molecule is COc1ccc(/C=c2/sc3n(c2=O)C(c2ccc(Br)cc2)C(C(=O)Nc2ccccc2C)=C(C)N=3)cc1. The van der Waals surface area contributed by atoms with Crippen LogP contribution in [-0.4, -0.2) is 17.6 Å². The van der Waals surface area contributed by atoms with E-state index in [1.54, 1.807) is 11.7 Å². The molecule has 1 aliphatic heterocycles. The van der Waals surface area contributed by atoms with Gasteiger partial charge in [0.15, 0.2) is 4.80 Å². The van der Waals surface area contributed by atoms with Gasteiger partial charge in [-0.15, -0.1) is 0 Å². The van der Waals surface area contributed by atoms with Crippen LogP contribution in [0.15, 0.2) is 98.3 Å². The molecule has 0 spiro atoms. The number of hydrogen-bond acceptors (Lipinski definition) is 5. The van der Waals surface area contributed by atoms with Gasteiger partial charge in [0.2, 0.25) is 0 Å². The molecule has 1 aliphatic rings. The number of para-hydroxylation sites is 1. The van der Waals surface area contributed by atoms with Crippen LogP contribution in [-0.2, 0) is 4.79 Å². The van der Waals surface area contributed by atoms with Gasteiger partial charge in [-0.25, -0.2) is 4.99 Å². The number of methoxy groups -OCH3 is 1. The maximum atomic E-state index is 13.8. The number of carbonyl (C=O) groups excluding carboxylic acids is 1. The highest BCUT2D eigenvalue weighted by molar-refractivity contribution is 9.10. The molecule has 4 aromatic rings. The maximum Gasteiger partial charge on any atom is 0.271 e. The third-order valence-electron chi connectivity index (χ3n) is 6.26. The summed E-state index contributed by atoms with van der Waals surface area (Å²) in [6, 6.07) is 22.2. The lowest BCUT2D eigenvalue weighted by Crippen LogP contribution is -2.40. The van der Waals surface area contributed by atoms with Crippen molar-refractivity contribution in [2.75, 3.05) is 12.4 Å². The Kier molecular flexibility index (Phi) is 6.95. The monoisotopic (exact) mass is 573 g/mol. The number of rotatable bonds is 5. The summed E-state index contributed by atoms with van der Waals surface area (Å²) in [5.74, 6) is 0.460. The highest BCUT2D eigenvalue weighted by Gasteiger charge is 2.32. The largest absolute Gasteiger partial charge is 0.497 e. The van der Waals surface area contributed by atoms with E-state index in [1.807, 2.05) is 92.7 Å². The molecule has 0 saturated carbocycles. The van der Waals surface area contributed by atoms with Crippen LogP contribution < -0.4 is 24.9 Å². The molecule has 1 amide bonds. The van der Waals surface area contributed by atoms with Crippen LogP contribution >= 0.6 is 27.3 Å². The van der Waals surface area contributed by atoms with Gasteiger partial charge in [0, 0.05) is 10.2 Å². The molecule has 2 heterocycles. The fourth-order valence-electron chi connectivity index (χ4n) is 4.33. The topological polar surface area (TPSA) is 72.7 Å². The van der Waals surface area contributed by atoms with E-state index >= 15 is 0 Å². The highest BCUT2D eigenvalue weighted by atomic mass is 79.9. The lowest BCUT2D eigenvalue weighted by Gasteiger charge is -2.25. The number of benzene rings is 3. The number of fused-ring (bicyclic) bond motifs is 1. The number of ether oxygens (including phenoxy) is 1. The van der Waals surface area contributed by atoms with Crippen LogP contribution in [0.2, 0.25) is 0 Å². The predicted molar refractivity (Wildman–Crippen MR) is 151 cm³/mol. The van der Waals surface area contributed by atoms with Gasteiger partial charge in [0.05, 0.1) is 29.0 Å². The van der Waals surface area contributed by atoms with Crippen LogP contribution in [0.3, 0.4) is 0 Å². The van der Waals surface area contributed by atoms with Gasteiger partial charge < -0.3 is 10.1 Å². The minimum atomic E-state index is -0.619. The van der Waals surface area contributed by atoms with Crippen molar-refractivity contribution in [2.24, 2.45) is 4.99 Å². The lowest BCUT2D eigenvalue weighted by atomic mass is 9.95. The molecule has 3 aromatic carbocycles. The molecule has 6 nitrogen and oxygen atoms in total. The average Bonchev–Trinajstić information content (AvgIpc) is 3.19. The quantitative estimate of drug-likeness (QED) is 0.367. The van der Waals surface area contributed by atoms with E-state index in [1.165, 1.54) is 11.3 Å². The fourth-order valence-corrected chi connectivity index (χ4v) is 5.64. The van der Waals surface area contributed by atoms with Crippen LogP contribution in [0, 0.1) is 6.92 Å². The Bertz CT molecular complexity index is 1700. The van der Waals surface area contributed by atoms with Gasteiger partial charge in [-0.2, -0.15) is 0 Å². The molecule has 8 heteroatoms.